The normalized spacial score (nSPS) is 50.6. The third-order valence-corrected chi connectivity index (χ3v) is 8.15. The van der Waals surface area contributed by atoms with Crippen LogP contribution < -0.4 is 10.6 Å². The van der Waals surface area contributed by atoms with Crippen LogP contribution in [-0.2, 0) is 5.41 Å². The molecular formula is C20H28N2. The van der Waals surface area contributed by atoms with Gasteiger partial charge in [-0.2, -0.15) is 0 Å². The van der Waals surface area contributed by atoms with E-state index in [1.54, 1.807) is 5.56 Å². The van der Waals surface area contributed by atoms with Gasteiger partial charge < -0.3 is 10.6 Å². The van der Waals surface area contributed by atoms with Gasteiger partial charge in [-0.25, -0.2) is 0 Å². The van der Waals surface area contributed by atoms with Crippen LogP contribution in [0.5, 0.6) is 0 Å². The molecule has 2 N–H and O–H groups in total. The van der Waals surface area contributed by atoms with E-state index in [2.05, 4.69) is 55.7 Å². The van der Waals surface area contributed by atoms with Crippen LogP contribution in [0.25, 0.3) is 0 Å². The molecule has 1 aromatic carbocycles. The highest BCUT2D eigenvalue weighted by molar-refractivity contribution is 5.70. The second-order valence-corrected chi connectivity index (χ2v) is 8.46. The SMILES string of the molecule is CCC[C@]12C[C@@H](C)[C@]3(Nc4ccccc4[C@]34CCN[C@@H]14)C2C. The average molecular weight is 296 g/mol. The minimum Gasteiger partial charge on any atom is -0.378 e. The summed E-state index contributed by atoms with van der Waals surface area (Å²) in [6.07, 6.45) is 5.39. The van der Waals surface area contributed by atoms with Gasteiger partial charge in [0.15, 0.2) is 0 Å². The van der Waals surface area contributed by atoms with Gasteiger partial charge in [-0.3, -0.25) is 0 Å². The number of rotatable bonds is 2. The highest BCUT2D eigenvalue weighted by atomic mass is 15.2. The summed E-state index contributed by atoms with van der Waals surface area (Å²) in [5.74, 6) is 1.51. The smallest absolute Gasteiger partial charge is 0.0543 e. The predicted octanol–water partition coefficient (Wildman–Crippen LogP) is 3.93. The van der Waals surface area contributed by atoms with Crippen molar-refractivity contribution in [3.8, 4) is 0 Å². The fourth-order valence-electron chi connectivity index (χ4n) is 7.84. The summed E-state index contributed by atoms with van der Waals surface area (Å²) in [6, 6.07) is 9.84. The largest absolute Gasteiger partial charge is 0.378 e. The van der Waals surface area contributed by atoms with Crippen molar-refractivity contribution in [2.45, 2.75) is 63.5 Å². The van der Waals surface area contributed by atoms with E-state index in [1.807, 2.05) is 0 Å². The molecule has 0 radical (unpaired) electrons. The van der Waals surface area contributed by atoms with Crippen molar-refractivity contribution in [1.82, 2.24) is 5.32 Å². The lowest BCUT2D eigenvalue weighted by Gasteiger charge is -2.49. The fraction of sp³-hybridized carbons (Fsp3) is 0.700. The molecule has 2 heteroatoms. The molecular weight excluding hydrogens is 268 g/mol. The Balaban J connectivity index is 1.80. The number of benzene rings is 1. The number of fused-ring (bicyclic) bond motifs is 3. The maximum absolute atomic E-state index is 4.11. The Morgan fingerprint density at radius 1 is 1.23 bits per heavy atom. The molecule has 2 aliphatic heterocycles. The van der Waals surface area contributed by atoms with Crippen molar-refractivity contribution in [1.29, 1.82) is 0 Å². The van der Waals surface area contributed by atoms with E-state index in [0.29, 0.717) is 16.9 Å². The first-order valence-corrected chi connectivity index (χ1v) is 9.24. The molecule has 2 aliphatic carbocycles. The van der Waals surface area contributed by atoms with Crippen molar-refractivity contribution in [3.05, 3.63) is 29.8 Å². The molecule has 2 saturated carbocycles. The topological polar surface area (TPSA) is 24.1 Å². The Hall–Kier alpha value is -1.02. The van der Waals surface area contributed by atoms with Gasteiger partial charge >= 0.3 is 0 Å². The Morgan fingerprint density at radius 2 is 2.05 bits per heavy atom. The van der Waals surface area contributed by atoms with Crippen molar-refractivity contribution in [2.24, 2.45) is 17.3 Å². The molecule has 3 fully saturated rings. The molecule has 118 valence electrons. The van der Waals surface area contributed by atoms with Gasteiger partial charge in [-0.05, 0) is 54.7 Å². The summed E-state index contributed by atoms with van der Waals surface area (Å²) in [5.41, 5.74) is 4.13. The van der Waals surface area contributed by atoms with E-state index in [9.17, 15) is 0 Å². The van der Waals surface area contributed by atoms with Gasteiger partial charge in [0.05, 0.1) is 5.54 Å². The van der Waals surface area contributed by atoms with E-state index in [-0.39, 0.29) is 5.54 Å². The van der Waals surface area contributed by atoms with Crippen LogP contribution >= 0.6 is 0 Å². The second-order valence-electron chi connectivity index (χ2n) is 8.46. The van der Waals surface area contributed by atoms with E-state index >= 15 is 0 Å². The van der Waals surface area contributed by atoms with Gasteiger partial charge in [-0.1, -0.05) is 45.4 Å². The Kier molecular flexibility index (Phi) is 2.38. The molecule has 2 nitrogen and oxygen atoms in total. The zero-order chi connectivity index (χ0) is 15.2. The van der Waals surface area contributed by atoms with Gasteiger partial charge in [0.1, 0.15) is 0 Å². The van der Waals surface area contributed by atoms with Crippen molar-refractivity contribution in [3.63, 3.8) is 0 Å². The molecule has 4 aliphatic rings. The predicted molar refractivity (Wildman–Crippen MR) is 91.2 cm³/mol. The van der Waals surface area contributed by atoms with Crippen LogP contribution in [-0.4, -0.2) is 18.1 Å². The zero-order valence-electron chi connectivity index (χ0n) is 14.1. The number of para-hydroxylation sites is 1. The summed E-state index contributed by atoms with van der Waals surface area (Å²) in [5, 5.41) is 8.09. The average Bonchev–Trinajstić information content (AvgIpc) is 3.17. The van der Waals surface area contributed by atoms with E-state index in [0.717, 1.165) is 11.8 Å². The van der Waals surface area contributed by atoms with Gasteiger partial charge in [0, 0.05) is 17.1 Å². The van der Waals surface area contributed by atoms with Crippen LogP contribution in [0.15, 0.2) is 24.3 Å². The molecule has 1 saturated heterocycles. The molecule has 22 heavy (non-hydrogen) atoms. The van der Waals surface area contributed by atoms with Crippen LogP contribution in [0.2, 0.25) is 0 Å². The summed E-state index contributed by atoms with van der Waals surface area (Å²) < 4.78 is 0. The van der Waals surface area contributed by atoms with E-state index in [1.165, 1.54) is 37.9 Å². The van der Waals surface area contributed by atoms with Crippen LogP contribution in [0.4, 0.5) is 5.69 Å². The number of hydrogen-bond donors (Lipinski definition) is 2. The lowest BCUT2D eigenvalue weighted by Crippen LogP contribution is -2.60. The number of hydrogen-bond acceptors (Lipinski definition) is 2. The summed E-state index contributed by atoms with van der Waals surface area (Å²) in [7, 11) is 0. The lowest BCUT2D eigenvalue weighted by molar-refractivity contribution is 0.119. The van der Waals surface area contributed by atoms with E-state index < -0.39 is 0 Å². The fourth-order valence-corrected chi connectivity index (χ4v) is 7.84. The Bertz CT molecular complexity index is 640. The highest BCUT2D eigenvalue weighted by Crippen LogP contribution is 2.77. The summed E-state index contributed by atoms with van der Waals surface area (Å²) in [6.45, 7) is 8.63. The molecule has 1 aromatic rings. The van der Waals surface area contributed by atoms with Gasteiger partial charge in [-0.15, -0.1) is 0 Å². The highest BCUT2D eigenvalue weighted by Gasteiger charge is 2.82. The Labute approximate surface area is 134 Å². The van der Waals surface area contributed by atoms with Crippen molar-refractivity contribution >= 4 is 5.69 Å². The zero-order valence-corrected chi connectivity index (χ0v) is 14.1. The molecule has 2 heterocycles. The first-order chi connectivity index (χ1) is 10.6. The van der Waals surface area contributed by atoms with Crippen LogP contribution in [0, 0.1) is 17.3 Å². The van der Waals surface area contributed by atoms with Gasteiger partial charge in [0.2, 0.25) is 0 Å². The Morgan fingerprint density at radius 3 is 2.86 bits per heavy atom. The van der Waals surface area contributed by atoms with E-state index in [4.69, 9.17) is 0 Å². The molecule has 5 rings (SSSR count). The minimum absolute atomic E-state index is 0.278. The number of anilines is 1. The first-order valence-electron chi connectivity index (χ1n) is 9.24. The molecule has 2 bridgehead atoms. The standard InChI is InChI=1S/C20H28N2/c1-4-9-18-12-13(2)20(14(18)3)19(10-11-21-17(18)19)15-7-5-6-8-16(15)22-20/h5-8,13-14,17,21-22H,4,9-12H2,1-3H3/t13-,14?,17+,18-,19+,20+/m1/s1. The summed E-state index contributed by atoms with van der Waals surface area (Å²) in [4.78, 5) is 0. The quantitative estimate of drug-likeness (QED) is 0.864. The van der Waals surface area contributed by atoms with Crippen molar-refractivity contribution < 1.29 is 0 Å². The maximum atomic E-state index is 4.11. The second kappa shape index (κ2) is 3.90. The first kappa shape index (κ1) is 13.4. The monoisotopic (exact) mass is 296 g/mol. The van der Waals surface area contributed by atoms with Crippen LogP contribution in [0.1, 0.15) is 52.0 Å². The molecule has 0 aromatic heterocycles. The number of nitrogens with one attached hydrogen (secondary N) is 2. The minimum atomic E-state index is 0.278. The van der Waals surface area contributed by atoms with Gasteiger partial charge in [0.25, 0.3) is 0 Å². The third-order valence-electron chi connectivity index (χ3n) is 8.15. The lowest BCUT2D eigenvalue weighted by atomic mass is 9.57. The molecule has 6 atom stereocenters. The molecule has 0 amide bonds. The summed E-state index contributed by atoms with van der Waals surface area (Å²) >= 11 is 0. The molecule has 1 unspecified atom stereocenters. The molecule has 2 spiro atoms. The van der Waals surface area contributed by atoms with Crippen molar-refractivity contribution in [2.75, 3.05) is 11.9 Å². The third kappa shape index (κ3) is 1.06. The van der Waals surface area contributed by atoms with Crippen LogP contribution in [0.3, 0.4) is 0 Å². The maximum Gasteiger partial charge on any atom is 0.0543 e.